The quantitative estimate of drug-likeness (QED) is 0.694. The van der Waals surface area contributed by atoms with Crippen LogP contribution in [-0.2, 0) is 6.42 Å². The van der Waals surface area contributed by atoms with Crippen molar-refractivity contribution in [2.75, 3.05) is 0 Å². The van der Waals surface area contributed by atoms with E-state index in [4.69, 9.17) is 0 Å². The van der Waals surface area contributed by atoms with Crippen molar-refractivity contribution >= 4 is 16.6 Å². The van der Waals surface area contributed by atoms with Gasteiger partial charge in [0, 0.05) is 17.9 Å². The molecule has 0 aliphatic rings. The first kappa shape index (κ1) is 10.1. The Labute approximate surface area is 98.5 Å². The predicted octanol–water partition coefficient (Wildman–Crippen LogP) is 2.46. The van der Waals surface area contributed by atoms with Crippen molar-refractivity contribution in [3.8, 4) is 5.75 Å². The normalized spacial score (nSPS) is 11.4. The molecule has 2 aromatic heterocycles. The van der Waals surface area contributed by atoms with Crippen molar-refractivity contribution in [2.24, 2.45) is 0 Å². The molecule has 4 heteroatoms. The highest BCUT2D eigenvalue weighted by Gasteiger charge is 2.09. The molecule has 17 heavy (non-hydrogen) atoms. The Balaban J connectivity index is 2.58. The van der Waals surface area contributed by atoms with Gasteiger partial charge in [-0.05, 0) is 30.7 Å². The number of phenolic OH excluding ortho intramolecular Hbond substituents is 1. The van der Waals surface area contributed by atoms with Gasteiger partial charge in [0.15, 0.2) is 5.65 Å². The van der Waals surface area contributed by atoms with Crippen LogP contribution in [0.2, 0.25) is 0 Å². The third-order valence-corrected chi connectivity index (χ3v) is 3.06. The molecule has 0 aliphatic carbocycles. The number of rotatable bonds is 1. The third-order valence-electron chi connectivity index (χ3n) is 3.06. The molecule has 0 saturated carbocycles. The molecule has 3 rings (SSSR count). The minimum Gasteiger partial charge on any atom is -0.508 e. The van der Waals surface area contributed by atoms with Crippen molar-refractivity contribution in [3.05, 3.63) is 35.7 Å². The van der Waals surface area contributed by atoms with Gasteiger partial charge < -0.3 is 5.11 Å². The zero-order valence-corrected chi connectivity index (χ0v) is 9.81. The van der Waals surface area contributed by atoms with Crippen LogP contribution < -0.4 is 0 Å². The molecule has 0 bridgehead atoms. The summed E-state index contributed by atoms with van der Waals surface area (Å²) < 4.78 is 2.00. The number of fused-ring (bicyclic) bond motifs is 3. The van der Waals surface area contributed by atoms with Crippen molar-refractivity contribution in [1.82, 2.24) is 14.6 Å². The molecule has 2 heterocycles. The maximum Gasteiger partial charge on any atom is 0.161 e. The topological polar surface area (TPSA) is 50.4 Å². The Morgan fingerprint density at radius 2 is 2.06 bits per heavy atom. The molecule has 0 atom stereocenters. The highest BCUT2D eigenvalue weighted by Crippen LogP contribution is 2.25. The van der Waals surface area contributed by atoms with E-state index in [0.717, 1.165) is 34.4 Å². The minimum absolute atomic E-state index is 0.264. The van der Waals surface area contributed by atoms with Crippen LogP contribution >= 0.6 is 0 Å². The average molecular weight is 227 g/mol. The second kappa shape index (κ2) is 3.45. The summed E-state index contributed by atoms with van der Waals surface area (Å²) in [5.74, 6) is 1.18. The molecule has 0 saturated heterocycles. The van der Waals surface area contributed by atoms with E-state index < -0.39 is 0 Å². The van der Waals surface area contributed by atoms with Crippen LogP contribution in [0.4, 0.5) is 0 Å². The summed E-state index contributed by atoms with van der Waals surface area (Å²) in [5, 5.41) is 19.1. The number of aromatic nitrogens is 3. The summed E-state index contributed by atoms with van der Waals surface area (Å²) >= 11 is 0. The number of hydrogen-bond donors (Lipinski definition) is 1. The Kier molecular flexibility index (Phi) is 2.04. The number of benzene rings is 1. The maximum atomic E-state index is 9.63. The minimum atomic E-state index is 0.264. The molecule has 0 spiro atoms. The molecule has 0 radical (unpaired) electrons. The van der Waals surface area contributed by atoms with Gasteiger partial charge in [-0.1, -0.05) is 6.92 Å². The van der Waals surface area contributed by atoms with Crippen LogP contribution in [0.15, 0.2) is 24.3 Å². The van der Waals surface area contributed by atoms with Gasteiger partial charge in [0.05, 0.1) is 5.52 Å². The molecule has 0 amide bonds. The second-order valence-electron chi connectivity index (χ2n) is 4.19. The fourth-order valence-corrected chi connectivity index (χ4v) is 2.23. The van der Waals surface area contributed by atoms with Gasteiger partial charge in [-0.25, -0.2) is 0 Å². The Morgan fingerprint density at radius 3 is 2.82 bits per heavy atom. The molecule has 0 fully saturated rings. The first-order valence-corrected chi connectivity index (χ1v) is 5.67. The summed E-state index contributed by atoms with van der Waals surface area (Å²) in [6.07, 6.45) is 0.814. The van der Waals surface area contributed by atoms with E-state index in [1.54, 1.807) is 12.1 Å². The lowest BCUT2D eigenvalue weighted by atomic mass is 10.1. The molecule has 86 valence electrons. The van der Waals surface area contributed by atoms with E-state index in [-0.39, 0.29) is 5.75 Å². The molecular formula is C13H13N3O. The number of nitrogens with zero attached hydrogens (tertiary/aromatic N) is 3. The smallest absolute Gasteiger partial charge is 0.161 e. The summed E-state index contributed by atoms with van der Waals surface area (Å²) in [7, 11) is 0. The van der Waals surface area contributed by atoms with Crippen LogP contribution in [0.1, 0.15) is 18.3 Å². The van der Waals surface area contributed by atoms with E-state index in [1.807, 2.05) is 30.4 Å². The van der Waals surface area contributed by atoms with Crippen LogP contribution in [0.3, 0.4) is 0 Å². The van der Waals surface area contributed by atoms with Gasteiger partial charge >= 0.3 is 0 Å². The number of pyridine rings is 1. The van der Waals surface area contributed by atoms with Crippen LogP contribution in [-0.4, -0.2) is 19.7 Å². The van der Waals surface area contributed by atoms with Crippen molar-refractivity contribution < 1.29 is 5.11 Å². The summed E-state index contributed by atoms with van der Waals surface area (Å²) in [5.41, 5.74) is 2.93. The van der Waals surface area contributed by atoms with E-state index in [9.17, 15) is 5.11 Å². The first-order valence-electron chi connectivity index (χ1n) is 5.67. The largest absolute Gasteiger partial charge is 0.508 e. The summed E-state index contributed by atoms with van der Waals surface area (Å²) in [4.78, 5) is 0. The van der Waals surface area contributed by atoms with Crippen molar-refractivity contribution in [3.63, 3.8) is 0 Å². The van der Waals surface area contributed by atoms with Crippen molar-refractivity contribution in [2.45, 2.75) is 20.3 Å². The number of phenols is 1. The lowest BCUT2D eigenvalue weighted by molar-refractivity contribution is 0.476. The SMILES string of the molecule is CCc1nnc2cc(C)c3ccc(O)cc3n12. The lowest BCUT2D eigenvalue weighted by Crippen LogP contribution is -1.95. The fraction of sp³-hybridized carbons (Fsp3) is 0.231. The van der Waals surface area contributed by atoms with Gasteiger partial charge in [-0.2, -0.15) is 0 Å². The predicted molar refractivity (Wildman–Crippen MR) is 66.3 cm³/mol. The van der Waals surface area contributed by atoms with Crippen molar-refractivity contribution in [1.29, 1.82) is 0 Å². The highest BCUT2D eigenvalue weighted by atomic mass is 16.3. The highest BCUT2D eigenvalue weighted by molar-refractivity contribution is 5.86. The monoisotopic (exact) mass is 227 g/mol. The standard InChI is InChI=1S/C13H13N3O/c1-3-12-14-15-13-6-8(2)10-5-4-9(17)7-11(10)16(12)13/h4-7,17H,3H2,1-2H3. The number of aromatic hydroxyl groups is 1. The Bertz CT molecular complexity index is 715. The van der Waals surface area contributed by atoms with E-state index in [1.165, 1.54) is 0 Å². The van der Waals surface area contributed by atoms with E-state index in [0.29, 0.717) is 0 Å². The average Bonchev–Trinajstić information content (AvgIpc) is 2.71. The number of aryl methyl sites for hydroxylation is 2. The van der Waals surface area contributed by atoms with Gasteiger partial charge in [0.25, 0.3) is 0 Å². The summed E-state index contributed by atoms with van der Waals surface area (Å²) in [6, 6.07) is 7.42. The third kappa shape index (κ3) is 1.37. The van der Waals surface area contributed by atoms with Crippen LogP contribution in [0, 0.1) is 6.92 Å². The first-order chi connectivity index (χ1) is 8.20. The zero-order chi connectivity index (χ0) is 12.0. The lowest BCUT2D eigenvalue weighted by Gasteiger charge is -2.07. The molecule has 0 unspecified atom stereocenters. The Morgan fingerprint density at radius 1 is 1.24 bits per heavy atom. The maximum absolute atomic E-state index is 9.63. The van der Waals surface area contributed by atoms with E-state index >= 15 is 0 Å². The Hall–Kier alpha value is -2.10. The molecule has 1 N–H and O–H groups in total. The van der Waals surface area contributed by atoms with Gasteiger partial charge in [0.1, 0.15) is 11.6 Å². The molecule has 4 nitrogen and oxygen atoms in total. The molecular weight excluding hydrogens is 214 g/mol. The van der Waals surface area contributed by atoms with Crippen LogP contribution in [0.5, 0.6) is 5.75 Å². The van der Waals surface area contributed by atoms with Crippen LogP contribution in [0.25, 0.3) is 16.6 Å². The molecule has 3 aromatic rings. The number of hydrogen-bond acceptors (Lipinski definition) is 3. The van der Waals surface area contributed by atoms with Gasteiger partial charge in [-0.3, -0.25) is 4.40 Å². The fourth-order valence-electron chi connectivity index (χ4n) is 2.23. The molecule has 1 aromatic carbocycles. The molecule has 0 aliphatic heterocycles. The summed E-state index contributed by atoms with van der Waals surface area (Å²) in [6.45, 7) is 4.09. The van der Waals surface area contributed by atoms with E-state index in [2.05, 4.69) is 10.2 Å². The second-order valence-corrected chi connectivity index (χ2v) is 4.19. The zero-order valence-electron chi connectivity index (χ0n) is 9.81. The van der Waals surface area contributed by atoms with Gasteiger partial charge in [0.2, 0.25) is 0 Å². The van der Waals surface area contributed by atoms with Gasteiger partial charge in [-0.15, -0.1) is 10.2 Å².